The van der Waals surface area contributed by atoms with Crippen molar-refractivity contribution in [1.29, 1.82) is 0 Å². The molecule has 0 aromatic heterocycles. The minimum atomic E-state index is 0.192. The fraction of sp³-hybridized carbons (Fsp3) is 0.611. The molecule has 2 rings (SSSR count). The molecule has 1 fully saturated rings. The van der Waals surface area contributed by atoms with Crippen molar-refractivity contribution in [2.24, 2.45) is 0 Å². The maximum absolute atomic E-state index is 12.3. The highest BCUT2D eigenvalue weighted by atomic mass is 16.5. The lowest BCUT2D eigenvalue weighted by atomic mass is 10.1. The number of nitrogens with zero attached hydrogens (tertiary/aromatic N) is 2. The van der Waals surface area contributed by atoms with E-state index in [-0.39, 0.29) is 12.0 Å². The number of amides is 1. The number of benzene rings is 1. The monoisotopic (exact) mass is 320 g/mol. The molecule has 0 bridgehead atoms. The smallest absolute Gasteiger partial charge is 0.236 e. The number of piperidine rings is 1. The molecule has 1 heterocycles. The molecule has 0 aliphatic carbocycles. The van der Waals surface area contributed by atoms with E-state index in [1.165, 1.54) is 5.56 Å². The summed E-state index contributed by atoms with van der Waals surface area (Å²) >= 11 is 0. The van der Waals surface area contributed by atoms with Gasteiger partial charge in [0.2, 0.25) is 5.91 Å². The van der Waals surface area contributed by atoms with Gasteiger partial charge in [-0.05, 0) is 26.1 Å². The molecule has 5 heteroatoms. The lowest BCUT2D eigenvalue weighted by molar-refractivity contribution is -0.134. The van der Waals surface area contributed by atoms with Crippen molar-refractivity contribution >= 4 is 5.91 Å². The van der Waals surface area contributed by atoms with Crippen LogP contribution in [0.1, 0.15) is 18.4 Å². The standard InChI is InChI=1S/C18H28N2O3/c1-15-4-6-16(7-5-15)23-17-8-10-20(11-9-17)18(21)14-19(2)12-13-22-3/h4-7,17H,8-14H2,1-3H3. The normalized spacial score (nSPS) is 15.9. The number of methoxy groups -OCH3 is 1. The van der Waals surface area contributed by atoms with E-state index in [4.69, 9.17) is 9.47 Å². The van der Waals surface area contributed by atoms with Crippen molar-refractivity contribution in [2.45, 2.75) is 25.9 Å². The van der Waals surface area contributed by atoms with Crippen molar-refractivity contribution in [2.75, 3.05) is 46.9 Å². The van der Waals surface area contributed by atoms with Gasteiger partial charge in [0.25, 0.3) is 0 Å². The molecular weight excluding hydrogens is 292 g/mol. The summed E-state index contributed by atoms with van der Waals surface area (Å²) in [6.45, 7) is 5.48. The molecule has 1 aromatic rings. The van der Waals surface area contributed by atoms with Crippen LogP contribution in [0.3, 0.4) is 0 Å². The summed E-state index contributed by atoms with van der Waals surface area (Å²) in [5.41, 5.74) is 1.23. The van der Waals surface area contributed by atoms with Crippen molar-refractivity contribution in [3.8, 4) is 5.75 Å². The van der Waals surface area contributed by atoms with Gasteiger partial charge in [0, 0.05) is 39.6 Å². The van der Waals surface area contributed by atoms with Crippen LogP contribution in [-0.2, 0) is 9.53 Å². The van der Waals surface area contributed by atoms with Crippen molar-refractivity contribution in [3.63, 3.8) is 0 Å². The number of aryl methyl sites for hydroxylation is 1. The minimum absolute atomic E-state index is 0.192. The Kier molecular flexibility index (Phi) is 6.86. The van der Waals surface area contributed by atoms with E-state index in [2.05, 4.69) is 19.1 Å². The Morgan fingerprint density at radius 3 is 2.52 bits per heavy atom. The fourth-order valence-electron chi connectivity index (χ4n) is 2.69. The van der Waals surface area contributed by atoms with Crippen molar-refractivity contribution in [3.05, 3.63) is 29.8 Å². The van der Waals surface area contributed by atoms with Gasteiger partial charge in [0.15, 0.2) is 0 Å². The zero-order chi connectivity index (χ0) is 16.7. The average Bonchev–Trinajstić information content (AvgIpc) is 2.55. The second-order valence-electron chi connectivity index (χ2n) is 6.24. The number of likely N-dealkylation sites (N-methyl/N-ethyl adjacent to an activating group) is 1. The molecule has 23 heavy (non-hydrogen) atoms. The second-order valence-corrected chi connectivity index (χ2v) is 6.24. The van der Waals surface area contributed by atoms with Crippen LogP contribution in [0.5, 0.6) is 5.75 Å². The van der Waals surface area contributed by atoms with E-state index < -0.39 is 0 Å². The molecule has 0 saturated carbocycles. The summed E-state index contributed by atoms with van der Waals surface area (Å²) in [5.74, 6) is 1.11. The molecule has 1 aliphatic heterocycles. The van der Waals surface area contributed by atoms with Gasteiger partial charge >= 0.3 is 0 Å². The Bertz CT molecular complexity index is 482. The topological polar surface area (TPSA) is 42.0 Å². The van der Waals surface area contributed by atoms with Crippen LogP contribution >= 0.6 is 0 Å². The number of likely N-dealkylation sites (tertiary alicyclic amines) is 1. The molecule has 1 amide bonds. The van der Waals surface area contributed by atoms with E-state index in [0.29, 0.717) is 13.2 Å². The number of carbonyl (C=O) groups excluding carboxylic acids is 1. The first kappa shape index (κ1) is 17.8. The van der Waals surface area contributed by atoms with Gasteiger partial charge in [-0.1, -0.05) is 17.7 Å². The Morgan fingerprint density at radius 2 is 1.91 bits per heavy atom. The summed E-state index contributed by atoms with van der Waals surface area (Å²) in [5, 5.41) is 0. The first-order chi connectivity index (χ1) is 11.1. The lowest BCUT2D eigenvalue weighted by Crippen LogP contribution is -2.45. The molecule has 1 aromatic carbocycles. The number of ether oxygens (including phenoxy) is 2. The SMILES string of the molecule is COCCN(C)CC(=O)N1CCC(Oc2ccc(C)cc2)CC1. The number of hydrogen-bond acceptors (Lipinski definition) is 4. The van der Waals surface area contributed by atoms with Gasteiger partial charge in [-0.2, -0.15) is 0 Å². The van der Waals surface area contributed by atoms with Crippen molar-refractivity contribution in [1.82, 2.24) is 9.80 Å². The van der Waals surface area contributed by atoms with E-state index in [1.807, 2.05) is 29.0 Å². The third-order valence-corrected chi connectivity index (χ3v) is 4.20. The highest BCUT2D eigenvalue weighted by molar-refractivity contribution is 5.78. The Morgan fingerprint density at radius 1 is 1.26 bits per heavy atom. The molecule has 1 aliphatic rings. The van der Waals surface area contributed by atoms with Gasteiger partial charge < -0.3 is 14.4 Å². The molecular formula is C18H28N2O3. The zero-order valence-electron chi connectivity index (χ0n) is 14.5. The van der Waals surface area contributed by atoms with Crippen LogP contribution in [0.2, 0.25) is 0 Å². The van der Waals surface area contributed by atoms with Crippen LogP contribution in [0.15, 0.2) is 24.3 Å². The Labute approximate surface area is 139 Å². The third-order valence-electron chi connectivity index (χ3n) is 4.20. The van der Waals surface area contributed by atoms with Crippen LogP contribution in [0, 0.1) is 6.92 Å². The predicted molar refractivity (Wildman–Crippen MR) is 90.8 cm³/mol. The van der Waals surface area contributed by atoms with Crippen LogP contribution < -0.4 is 4.74 Å². The van der Waals surface area contributed by atoms with E-state index in [1.54, 1.807) is 7.11 Å². The maximum Gasteiger partial charge on any atom is 0.236 e. The number of carbonyl (C=O) groups is 1. The largest absolute Gasteiger partial charge is 0.490 e. The highest BCUT2D eigenvalue weighted by Gasteiger charge is 2.24. The first-order valence-electron chi connectivity index (χ1n) is 8.27. The molecule has 0 atom stereocenters. The summed E-state index contributed by atoms with van der Waals surface area (Å²) in [6.07, 6.45) is 1.98. The van der Waals surface area contributed by atoms with Crippen LogP contribution in [0.25, 0.3) is 0 Å². The molecule has 5 nitrogen and oxygen atoms in total. The Hall–Kier alpha value is -1.59. The molecule has 0 unspecified atom stereocenters. The van der Waals surface area contributed by atoms with Gasteiger partial charge in [-0.3, -0.25) is 9.69 Å². The van der Waals surface area contributed by atoms with E-state index in [0.717, 1.165) is 38.2 Å². The van der Waals surface area contributed by atoms with Gasteiger partial charge in [0.1, 0.15) is 11.9 Å². The quantitative estimate of drug-likeness (QED) is 0.770. The highest BCUT2D eigenvalue weighted by Crippen LogP contribution is 2.19. The summed E-state index contributed by atoms with van der Waals surface area (Å²) in [6, 6.07) is 8.14. The summed E-state index contributed by atoms with van der Waals surface area (Å²) in [4.78, 5) is 16.2. The zero-order valence-corrected chi connectivity index (χ0v) is 14.5. The molecule has 1 saturated heterocycles. The minimum Gasteiger partial charge on any atom is -0.490 e. The average molecular weight is 320 g/mol. The second kappa shape index (κ2) is 8.89. The van der Waals surface area contributed by atoms with Gasteiger partial charge in [-0.25, -0.2) is 0 Å². The third kappa shape index (κ3) is 5.84. The van der Waals surface area contributed by atoms with Gasteiger partial charge in [-0.15, -0.1) is 0 Å². The van der Waals surface area contributed by atoms with Crippen molar-refractivity contribution < 1.29 is 14.3 Å². The fourth-order valence-corrected chi connectivity index (χ4v) is 2.69. The van der Waals surface area contributed by atoms with E-state index >= 15 is 0 Å². The lowest BCUT2D eigenvalue weighted by Gasteiger charge is -2.33. The summed E-state index contributed by atoms with van der Waals surface area (Å²) in [7, 11) is 3.62. The van der Waals surface area contributed by atoms with Crippen LogP contribution in [-0.4, -0.2) is 68.8 Å². The maximum atomic E-state index is 12.3. The molecule has 0 N–H and O–H groups in total. The number of hydrogen-bond donors (Lipinski definition) is 0. The Balaban J connectivity index is 1.72. The van der Waals surface area contributed by atoms with Gasteiger partial charge in [0.05, 0.1) is 13.2 Å². The molecule has 128 valence electrons. The van der Waals surface area contributed by atoms with E-state index in [9.17, 15) is 4.79 Å². The summed E-state index contributed by atoms with van der Waals surface area (Å²) < 4.78 is 11.0. The predicted octanol–water partition coefficient (Wildman–Crippen LogP) is 1.94. The molecule has 0 radical (unpaired) electrons. The first-order valence-corrected chi connectivity index (χ1v) is 8.27. The van der Waals surface area contributed by atoms with Crippen LogP contribution in [0.4, 0.5) is 0 Å². The molecule has 0 spiro atoms. The number of rotatable bonds is 7.